The van der Waals surface area contributed by atoms with E-state index in [0.29, 0.717) is 6.61 Å². The summed E-state index contributed by atoms with van der Waals surface area (Å²) in [6.07, 6.45) is 0.222. The molecule has 0 aliphatic carbocycles. The van der Waals surface area contributed by atoms with Crippen LogP contribution in [0.4, 0.5) is 0 Å². The monoisotopic (exact) mass is 258 g/mol. The second-order valence-electron chi connectivity index (χ2n) is 3.83. The topological polar surface area (TPSA) is 46.5 Å². The molecule has 2 aromatic carbocycles. The minimum absolute atomic E-state index is 0.222. The highest BCUT2D eigenvalue weighted by atomic mass is 16.5. The van der Waals surface area contributed by atoms with Crippen molar-refractivity contribution in [2.75, 3.05) is 0 Å². The number of hydrogen-bond donors (Lipinski definition) is 1. The molecule has 0 aliphatic rings. The number of carboxylic acids is 1. The van der Waals surface area contributed by atoms with Gasteiger partial charge in [0.1, 0.15) is 12.4 Å². The van der Waals surface area contributed by atoms with E-state index in [9.17, 15) is 4.79 Å². The lowest BCUT2D eigenvalue weighted by molar-refractivity contribution is -0.136. The summed E-state index contributed by atoms with van der Waals surface area (Å²) in [6.45, 7) is 2.23. The molecule has 0 bridgehead atoms. The lowest BCUT2D eigenvalue weighted by atomic mass is 10.2. The SMILES string of the molecule is CCC(=O)O.c1ccc(COc2ccccc2)cc1. The number of carbonyl (C=O) groups is 1. The molecular formula is C16H18O3. The molecule has 0 atom stereocenters. The molecule has 0 spiro atoms. The lowest BCUT2D eigenvalue weighted by Gasteiger charge is -2.05. The molecule has 19 heavy (non-hydrogen) atoms. The lowest BCUT2D eigenvalue weighted by Crippen LogP contribution is -1.94. The predicted molar refractivity (Wildman–Crippen MR) is 75.1 cm³/mol. The van der Waals surface area contributed by atoms with Gasteiger partial charge in [0, 0.05) is 6.42 Å². The highest BCUT2D eigenvalue weighted by Gasteiger charge is 1.92. The van der Waals surface area contributed by atoms with Crippen LogP contribution in [0.25, 0.3) is 0 Å². The third-order valence-electron chi connectivity index (χ3n) is 2.29. The van der Waals surface area contributed by atoms with E-state index in [1.54, 1.807) is 6.92 Å². The third-order valence-corrected chi connectivity index (χ3v) is 2.29. The van der Waals surface area contributed by atoms with Gasteiger partial charge in [-0.05, 0) is 17.7 Å². The number of carboxylic acid groups (broad SMARTS) is 1. The Morgan fingerprint density at radius 2 is 1.47 bits per heavy atom. The van der Waals surface area contributed by atoms with E-state index < -0.39 is 5.97 Å². The molecule has 0 heterocycles. The molecule has 1 N–H and O–H groups in total. The number of rotatable bonds is 4. The fourth-order valence-corrected chi connectivity index (χ4v) is 1.26. The largest absolute Gasteiger partial charge is 0.489 e. The fraction of sp³-hybridized carbons (Fsp3) is 0.188. The first-order chi connectivity index (χ1) is 9.22. The highest BCUT2D eigenvalue weighted by molar-refractivity contribution is 5.66. The van der Waals surface area contributed by atoms with Crippen molar-refractivity contribution < 1.29 is 14.6 Å². The first-order valence-electron chi connectivity index (χ1n) is 6.16. The molecule has 0 fully saturated rings. The molecule has 0 radical (unpaired) electrons. The van der Waals surface area contributed by atoms with Crippen LogP contribution in [-0.4, -0.2) is 11.1 Å². The zero-order valence-corrected chi connectivity index (χ0v) is 11.0. The molecular weight excluding hydrogens is 240 g/mol. The van der Waals surface area contributed by atoms with E-state index in [0.717, 1.165) is 5.75 Å². The quantitative estimate of drug-likeness (QED) is 0.908. The van der Waals surface area contributed by atoms with Gasteiger partial charge in [-0.1, -0.05) is 55.5 Å². The van der Waals surface area contributed by atoms with Crippen molar-refractivity contribution in [3.8, 4) is 5.75 Å². The zero-order valence-electron chi connectivity index (χ0n) is 11.0. The van der Waals surface area contributed by atoms with Crippen LogP contribution in [0.2, 0.25) is 0 Å². The van der Waals surface area contributed by atoms with Crippen LogP contribution < -0.4 is 4.74 Å². The molecule has 3 nitrogen and oxygen atoms in total. The minimum Gasteiger partial charge on any atom is -0.489 e. The van der Waals surface area contributed by atoms with Crippen molar-refractivity contribution in [2.45, 2.75) is 20.0 Å². The van der Waals surface area contributed by atoms with Crippen LogP contribution in [0.5, 0.6) is 5.75 Å². The summed E-state index contributed by atoms with van der Waals surface area (Å²) in [6, 6.07) is 20.0. The van der Waals surface area contributed by atoms with E-state index in [2.05, 4.69) is 12.1 Å². The maximum atomic E-state index is 9.37. The Kier molecular flexibility index (Phi) is 6.80. The molecule has 0 unspecified atom stereocenters. The minimum atomic E-state index is -0.745. The van der Waals surface area contributed by atoms with Gasteiger partial charge < -0.3 is 9.84 Å². The number of aliphatic carboxylic acids is 1. The molecule has 0 aromatic heterocycles. The van der Waals surface area contributed by atoms with Crippen molar-refractivity contribution in [3.63, 3.8) is 0 Å². The Morgan fingerprint density at radius 3 is 1.95 bits per heavy atom. The maximum Gasteiger partial charge on any atom is 0.303 e. The summed E-state index contributed by atoms with van der Waals surface area (Å²) in [5.74, 6) is 0.168. The van der Waals surface area contributed by atoms with Gasteiger partial charge in [-0.2, -0.15) is 0 Å². The van der Waals surface area contributed by atoms with Gasteiger partial charge in [-0.25, -0.2) is 0 Å². The molecule has 2 aromatic rings. The first-order valence-corrected chi connectivity index (χ1v) is 6.16. The van der Waals surface area contributed by atoms with Crippen LogP contribution >= 0.6 is 0 Å². The zero-order chi connectivity index (χ0) is 13.9. The van der Waals surface area contributed by atoms with E-state index >= 15 is 0 Å². The van der Waals surface area contributed by atoms with Gasteiger partial charge in [-0.15, -0.1) is 0 Å². The molecule has 3 heteroatoms. The van der Waals surface area contributed by atoms with Gasteiger partial charge in [0.15, 0.2) is 0 Å². The number of ether oxygens (including phenoxy) is 1. The summed E-state index contributed by atoms with van der Waals surface area (Å²) in [4.78, 5) is 9.37. The molecule has 0 amide bonds. The Labute approximate surface area is 113 Å². The summed E-state index contributed by atoms with van der Waals surface area (Å²) in [7, 11) is 0. The number of para-hydroxylation sites is 1. The van der Waals surface area contributed by atoms with Gasteiger partial charge in [0.05, 0.1) is 0 Å². The Morgan fingerprint density at radius 1 is 1.00 bits per heavy atom. The number of hydrogen-bond acceptors (Lipinski definition) is 2. The maximum absolute atomic E-state index is 9.37. The third kappa shape index (κ3) is 6.88. The Hall–Kier alpha value is -2.29. The fourth-order valence-electron chi connectivity index (χ4n) is 1.26. The molecule has 0 aliphatic heterocycles. The normalized spacial score (nSPS) is 9.11. The molecule has 0 saturated carbocycles. The van der Waals surface area contributed by atoms with E-state index in [4.69, 9.17) is 9.84 Å². The van der Waals surface area contributed by atoms with E-state index in [1.807, 2.05) is 48.5 Å². The van der Waals surface area contributed by atoms with Crippen LogP contribution in [0.3, 0.4) is 0 Å². The van der Waals surface area contributed by atoms with Crippen LogP contribution in [0.1, 0.15) is 18.9 Å². The Balaban J connectivity index is 0.000000312. The molecule has 2 rings (SSSR count). The average molecular weight is 258 g/mol. The van der Waals surface area contributed by atoms with Crippen LogP contribution in [-0.2, 0) is 11.4 Å². The van der Waals surface area contributed by atoms with Crippen molar-refractivity contribution in [1.82, 2.24) is 0 Å². The van der Waals surface area contributed by atoms with Crippen molar-refractivity contribution in [2.24, 2.45) is 0 Å². The van der Waals surface area contributed by atoms with Gasteiger partial charge in [-0.3, -0.25) is 4.79 Å². The first kappa shape index (κ1) is 14.8. The van der Waals surface area contributed by atoms with Gasteiger partial charge in [0.2, 0.25) is 0 Å². The highest BCUT2D eigenvalue weighted by Crippen LogP contribution is 2.10. The smallest absolute Gasteiger partial charge is 0.303 e. The van der Waals surface area contributed by atoms with E-state index in [1.165, 1.54) is 5.56 Å². The number of benzene rings is 2. The van der Waals surface area contributed by atoms with Crippen molar-refractivity contribution in [3.05, 3.63) is 66.2 Å². The summed E-state index contributed by atoms with van der Waals surface area (Å²) in [5.41, 5.74) is 1.19. The summed E-state index contributed by atoms with van der Waals surface area (Å²) in [5, 5.41) is 7.72. The summed E-state index contributed by atoms with van der Waals surface area (Å²) >= 11 is 0. The van der Waals surface area contributed by atoms with Gasteiger partial charge in [0.25, 0.3) is 0 Å². The van der Waals surface area contributed by atoms with Crippen LogP contribution in [0.15, 0.2) is 60.7 Å². The standard InChI is InChI=1S/C13H12O.C3H6O2/c1-3-7-12(8-4-1)11-14-13-9-5-2-6-10-13;1-2-3(4)5/h1-10H,11H2;2H2,1H3,(H,4,5). The Bertz CT molecular complexity index is 426. The molecule has 0 saturated heterocycles. The van der Waals surface area contributed by atoms with Crippen molar-refractivity contribution >= 4 is 5.97 Å². The van der Waals surface area contributed by atoms with Gasteiger partial charge >= 0.3 is 5.97 Å². The average Bonchev–Trinajstić information content (AvgIpc) is 2.48. The second-order valence-corrected chi connectivity index (χ2v) is 3.83. The predicted octanol–water partition coefficient (Wildman–Crippen LogP) is 3.75. The molecule has 100 valence electrons. The van der Waals surface area contributed by atoms with E-state index in [-0.39, 0.29) is 6.42 Å². The van der Waals surface area contributed by atoms with Crippen molar-refractivity contribution in [1.29, 1.82) is 0 Å². The van der Waals surface area contributed by atoms with Crippen LogP contribution in [0, 0.1) is 0 Å². The summed E-state index contributed by atoms with van der Waals surface area (Å²) < 4.78 is 5.59. The second kappa shape index (κ2) is 8.75.